The van der Waals surface area contributed by atoms with Crippen molar-refractivity contribution < 1.29 is 14.7 Å². The summed E-state index contributed by atoms with van der Waals surface area (Å²) in [6.45, 7) is 1.91. The molecule has 28 heavy (non-hydrogen) atoms. The predicted octanol–water partition coefficient (Wildman–Crippen LogP) is 1.57. The Hall–Kier alpha value is -2.70. The zero-order valence-electron chi connectivity index (χ0n) is 16.1. The third kappa shape index (κ3) is 5.18. The maximum atomic E-state index is 12.6. The zero-order valence-corrected chi connectivity index (χ0v) is 16.1. The third-order valence-corrected chi connectivity index (χ3v) is 5.29. The van der Waals surface area contributed by atoms with E-state index >= 15 is 0 Å². The summed E-state index contributed by atoms with van der Waals surface area (Å²) in [5, 5.41) is 13.5. The molecule has 0 unspecified atom stereocenters. The molecule has 0 radical (unpaired) electrons. The normalized spacial score (nSPS) is 16.5. The van der Waals surface area contributed by atoms with Gasteiger partial charge in [-0.2, -0.15) is 0 Å². The molecule has 0 spiro atoms. The molecule has 2 amide bonds. The molecule has 6 nitrogen and oxygen atoms in total. The highest BCUT2D eigenvalue weighted by Crippen LogP contribution is 2.23. The second kappa shape index (κ2) is 8.54. The van der Waals surface area contributed by atoms with Crippen LogP contribution in [0.3, 0.4) is 0 Å². The Balaban J connectivity index is 1.65. The fraction of sp³-hybridized carbons (Fsp3) is 0.364. The molecule has 2 aromatic carbocycles. The number of nitrogens with one attached hydrogen (secondary N) is 1. The fourth-order valence-electron chi connectivity index (χ4n) is 3.41. The summed E-state index contributed by atoms with van der Waals surface area (Å²) in [6.07, 6.45) is 1.52. The van der Waals surface area contributed by atoms with Gasteiger partial charge in [-0.1, -0.05) is 36.4 Å². The van der Waals surface area contributed by atoms with E-state index in [1.54, 1.807) is 6.07 Å². The minimum atomic E-state index is -0.837. The van der Waals surface area contributed by atoms with Gasteiger partial charge in [-0.05, 0) is 48.7 Å². The highest BCUT2D eigenvalue weighted by Gasteiger charge is 2.31. The smallest absolute Gasteiger partial charge is 0.251 e. The second-order valence-electron chi connectivity index (χ2n) is 7.63. The van der Waals surface area contributed by atoms with Gasteiger partial charge >= 0.3 is 0 Å². The lowest BCUT2D eigenvalue weighted by Gasteiger charge is -2.36. The average Bonchev–Trinajstić information content (AvgIpc) is 2.69. The Morgan fingerprint density at radius 1 is 1.11 bits per heavy atom. The van der Waals surface area contributed by atoms with Crippen molar-refractivity contribution in [2.75, 3.05) is 26.7 Å². The van der Waals surface area contributed by atoms with Gasteiger partial charge in [-0.25, -0.2) is 0 Å². The molecule has 4 N–H and O–H groups in total. The van der Waals surface area contributed by atoms with Crippen LogP contribution in [-0.2, 0) is 11.2 Å². The van der Waals surface area contributed by atoms with Crippen molar-refractivity contribution in [3.8, 4) is 11.1 Å². The summed E-state index contributed by atoms with van der Waals surface area (Å²) in [5.74, 6) is -0.558. The lowest BCUT2D eigenvalue weighted by Crippen LogP contribution is -2.50. The molecular weight excluding hydrogens is 354 g/mol. The van der Waals surface area contributed by atoms with E-state index in [1.165, 1.54) is 0 Å². The fourth-order valence-corrected chi connectivity index (χ4v) is 3.41. The number of amides is 2. The van der Waals surface area contributed by atoms with Crippen molar-refractivity contribution in [1.29, 1.82) is 0 Å². The van der Waals surface area contributed by atoms with Gasteiger partial charge in [0.25, 0.3) is 5.91 Å². The van der Waals surface area contributed by atoms with Crippen LogP contribution in [0.1, 0.15) is 28.8 Å². The molecule has 1 aliphatic heterocycles. The number of nitrogens with zero attached hydrogens (tertiary/aromatic N) is 1. The Morgan fingerprint density at radius 3 is 2.43 bits per heavy atom. The number of benzene rings is 2. The molecule has 0 aliphatic carbocycles. The number of primary amides is 1. The number of hydrogen-bond acceptors (Lipinski definition) is 4. The number of carbonyl (C=O) groups is 2. The van der Waals surface area contributed by atoms with E-state index in [1.807, 2.05) is 49.5 Å². The first-order chi connectivity index (χ1) is 13.3. The number of carbonyl (C=O) groups excluding carboxylic acids is 2. The molecule has 0 saturated carbocycles. The van der Waals surface area contributed by atoms with Crippen LogP contribution in [0, 0.1) is 0 Å². The molecule has 1 aliphatic rings. The number of nitrogens with two attached hydrogens (primary N) is 1. The van der Waals surface area contributed by atoms with Crippen molar-refractivity contribution in [3.63, 3.8) is 0 Å². The Morgan fingerprint density at radius 2 is 1.79 bits per heavy atom. The van der Waals surface area contributed by atoms with Gasteiger partial charge in [0.1, 0.15) is 0 Å². The van der Waals surface area contributed by atoms with Gasteiger partial charge in [0.15, 0.2) is 0 Å². The lowest BCUT2D eigenvalue weighted by molar-refractivity contribution is -0.117. The first-order valence-corrected chi connectivity index (χ1v) is 9.51. The van der Waals surface area contributed by atoms with Gasteiger partial charge in [-0.15, -0.1) is 0 Å². The van der Waals surface area contributed by atoms with Gasteiger partial charge < -0.3 is 21.1 Å². The molecule has 6 heteroatoms. The van der Waals surface area contributed by atoms with Gasteiger partial charge in [0.2, 0.25) is 5.91 Å². The molecule has 0 aromatic heterocycles. The number of aliphatic hydroxyl groups is 1. The monoisotopic (exact) mass is 381 g/mol. The van der Waals surface area contributed by atoms with Crippen molar-refractivity contribution in [3.05, 3.63) is 59.7 Å². The molecule has 1 saturated heterocycles. The van der Waals surface area contributed by atoms with Gasteiger partial charge in [0.05, 0.1) is 12.0 Å². The molecule has 0 atom stereocenters. The van der Waals surface area contributed by atoms with Crippen LogP contribution < -0.4 is 11.1 Å². The first kappa shape index (κ1) is 20.0. The van der Waals surface area contributed by atoms with E-state index in [4.69, 9.17) is 5.73 Å². The van der Waals surface area contributed by atoms with E-state index < -0.39 is 5.60 Å². The summed E-state index contributed by atoms with van der Waals surface area (Å²) < 4.78 is 0. The maximum absolute atomic E-state index is 12.6. The van der Waals surface area contributed by atoms with E-state index in [9.17, 15) is 14.7 Å². The number of piperidine rings is 1. The van der Waals surface area contributed by atoms with Gasteiger partial charge in [-0.3, -0.25) is 9.59 Å². The van der Waals surface area contributed by atoms with Crippen LogP contribution in [0.25, 0.3) is 11.1 Å². The summed E-state index contributed by atoms with van der Waals surface area (Å²) in [6, 6.07) is 14.9. The number of hydrogen-bond donors (Lipinski definition) is 3. The van der Waals surface area contributed by atoms with Crippen LogP contribution in [0.2, 0.25) is 0 Å². The van der Waals surface area contributed by atoms with Crippen LogP contribution in [0.15, 0.2) is 48.5 Å². The Labute approximate surface area is 165 Å². The molecule has 3 rings (SSSR count). The molecule has 1 fully saturated rings. The minimum Gasteiger partial charge on any atom is -0.388 e. The van der Waals surface area contributed by atoms with E-state index in [-0.39, 0.29) is 24.8 Å². The van der Waals surface area contributed by atoms with Crippen LogP contribution in [-0.4, -0.2) is 54.1 Å². The van der Waals surface area contributed by atoms with Crippen LogP contribution >= 0.6 is 0 Å². The average molecular weight is 381 g/mol. The topological polar surface area (TPSA) is 95.7 Å². The molecule has 2 aromatic rings. The minimum absolute atomic E-state index is 0.195. The van der Waals surface area contributed by atoms with Gasteiger partial charge in [0, 0.05) is 25.2 Å². The molecule has 0 bridgehead atoms. The van der Waals surface area contributed by atoms with Crippen molar-refractivity contribution in [2.24, 2.45) is 5.73 Å². The van der Waals surface area contributed by atoms with E-state index in [2.05, 4.69) is 10.2 Å². The summed E-state index contributed by atoms with van der Waals surface area (Å²) >= 11 is 0. The number of likely N-dealkylation sites (tertiary alicyclic amines) is 1. The van der Waals surface area contributed by atoms with Crippen LogP contribution in [0.4, 0.5) is 0 Å². The highest BCUT2D eigenvalue weighted by atomic mass is 16.3. The second-order valence-corrected chi connectivity index (χ2v) is 7.63. The molecular formula is C22H27N3O3. The lowest BCUT2D eigenvalue weighted by atomic mass is 9.91. The largest absolute Gasteiger partial charge is 0.388 e. The van der Waals surface area contributed by atoms with Crippen molar-refractivity contribution >= 4 is 11.8 Å². The molecule has 148 valence electrons. The quantitative estimate of drug-likeness (QED) is 0.708. The zero-order chi connectivity index (χ0) is 20.1. The Kier molecular flexibility index (Phi) is 6.11. The SMILES string of the molecule is CN1CCC(O)(CNC(=O)c2cccc(-c3ccc(CC(N)=O)cc3)c2)CC1. The highest BCUT2D eigenvalue weighted by molar-refractivity contribution is 5.95. The van der Waals surface area contributed by atoms with E-state index in [0.717, 1.165) is 29.8 Å². The molecule has 1 heterocycles. The summed E-state index contributed by atoms with van der Waals surface area (Å²) in [4.78, 5) is 25.8. The Bertz CT molecular complexity index is 840. The third-order valence-electron chi connectivity index (χ3n) is 5.29. The summed E-state index contributed by atoms with van der Waals surface area (Å²) in [7, 11) is 2.03. The standard InChI is InChI=1S/C22H27N3O3/c1-25-11-9-22(28,10-12-25)15-24-21(27)19-4-2-3-18(14-19)17-7-5-16(6-8-17)13-20(23)26/h2-8,14,28H,9-13,15H2,1H3,(H2,23,26)(H,24,27). The van der Waals surface area contributed by atoms with E-state index in [0.29, 0.717) is 18.4 Å². The first-order valence-electron chi connectivity index (χ1n) is 9.51. The summed E-state index contributed by atoms with van der Waals surface area (Å²) in [5.41, 5.74) is 7.66. The van der Waals surface area contributed by atoms with Crippen LogP contribution in [0.5, 0.6) is 0 Å². The van der Waals surface area contributed by atoms with Crippen molar-refractivity contribution in [2.45, 2.75) is 24.9 Å². The predicted molar refractivity (Wildman–Crippen MR) is 109 cm³/mol. The van der Waals surface area contributed by atoms with Crippen molar-refractivity contribution in [1.82, 2.24) is 10.2 Å². The maximum Gasteiger partial charge on any atom is 0.251 e. The number of rotatable bonds is 6.